The summed E-state index contributed by atoms with van der Waals surface area (Å²) in [5.74, 6) is -0.561. The van der Waals surface area contributed by atoms with Gasteiger partial charge in [0.05, 0.1) is 0 Å². The van der Waals surface area contributed by atoms with Crippen LogP contribution in [0.1, 0.15) is 23.2 Å². The van der Waals surface area contributed by atoms with Crippen LogP contribution in [0.2, 0.25) is 0 Å². The smallest absolute Gasteiger partial charge is 0.253 e. The van der Waals surface area contributed by atoms with Gasteiger partial charge >= 0.3 is 0 Å². The molecule has 0 aliphatic carbocycles. The molecule has 2 aromatic rings. The van der Waals surface area contributed by atoms with Crippen LogP contribution in [0, 0.1) is 5.82 Å². The molecule has 5 nitrogen and oxygen atoms in total. The second-order valence-electron chi connectivity index (χ2n) is 6.45. The Hall–Kier alpha value is -2.89. The second-order valence-corrected chi connectivity index (χ2v) is 6.45. The number of piperidine rings is 1. The number of anilines is 1. The highest BCUT2D eigenvalue weighted by Gasteiger charge is 2.42. The minimum Gasteiger partial charge on any atom is -0.371 e. The molecule has 1 heterocycles. The molecule has 3 rings (SSSR count). The molecular weight excluding hydrogens is 333 g/mol. The molecule has 2 amide bonds. The lowest BCUT2D eigenvalue weighted by molar-refractivity contribution is -0.126. The average molecular weight is 355 g/mol. The van der Waals surface area contributed by atoms with E-state index in [1.54, 1.807) is 36.2 Å². The third-order valence-electron chi connectivity index (χ3n) is 4.79. The van der Waals surface area contributed by atoms with Crippen LogP contribution in [-0.4, -0.2) is 42.4 Å². The van der Waals surface area contributed by atoms with Gasteiger partial charge in [0.1, 0.15) is 11.4 Å². The monoisotopic (exact) mass is 355 g/mol. The maximum atomic E-state index is 13.5. The first-order valence-corrected chi connectivity index (χ1v) is 8.64. The zero-order chi connectivity index (χ0) is 18.6. The topological polar surface area (TPSA) is 61.4 Å². The van der Waals surface area contributed by atoms with E-state index in [4.69, 9.17) is 0 Å². The van der Waals surface area contributed by atoms with E-state index in [1.165, 1.54) is 12.1 Å². The molecule has 0 atom stereocenters. The Labute approximate surface area is 152 Å². The van der Waals surface area contributed by atoms with Gasteiger partial charge in [0, 0.05) is 31.4 Å². The molecule has 136 valence electrons. The fourth-order valence-electron chi connectivity index (χ4n) is 3.35. The zero-order valence-corrected chi connectivity index (χ0v) is 14.7. The van der Waals surface area contributed by atoms with E-state index >= 15 is 0 Å². The highest BCUT2D eigenvalue weighted by molar-refractivity contribution is 5.95. The van der Waals surface area contributed by atoms with Crippen molar-refractivity contribution in [2.45, 2.75) is 18.4 Å². The van der Waals surface area contributed by atoms with Gasteiger partial charge in [0.15, 0.2) is 0 Å². The quantitative estimate of drug-likeness (QED) is 0.886. The van der Waals surface area contributed by atoms with Gasteiger partial charge in [-0.3, -0.25) is 9.59 Å². The molecule has 26 heavy (non-hydrogen) atoms. The predicted octanol–water partition coefficient (Wildman–Crippen LogP) is 2.66. The number of nitrogens with zero attached hydrogens (tertiary/aromatic N) is 1. The first-order valence-electron chi connectivity index (χ1n) is 8.64. The fraction of sp³-hybridized carbons (Fsp3) is 0.300. The fourth-order valence-corrected chi connectivity index (χ4v) is 3.35. The number of likely N-dealkylation sites (tertiary alicyclic amines) is 1. The third-order valence-corrected chi connectivity index (χ3v) is 4.79. The van der Waals surface area contributed by atoms with Crippen LogP contribution >= 0.6 is 0 Å². The number of likely N-dealkylation sites (N-methyl/N-ethyl adjacent to an activating group) is 1. The molecule has 0 aromatic heterocycles. The second kappa shape index (κ2) is 7.56. The van der Waals surface area contributed by atoms with Gasteiger partial charge < -0.3 is 15.5 Å². The molecule has 0 radical (unpaired) electrons. The Balaban J connectivity index is 1.75. The number of amides is 2. The Morgan fingerprint density at radius 1 is 1.04 bits per heavy atom. The minimum atomic E-state index is -0.865. The molecule has 0 spiro atoms. The number of benzene rings is 2. The Kier molecular flexibility index (Phi) is 5.21. The maximum Gasteiger partial charge on any atom is 0.253 e. The lowest BCUT2D eigenvalue weighted by Gasteiger charge is -2.41. The lowest BCUT2D eigenvalue weighted by atomic mass is 9.85. The van der Waals surface area contributed by atoms with E-state index < -0.39 is 5.54 Å². The van der Waals surface area contributed by atoms with Crippen LogP contribution in [0.15, 0.2) is 54.6 Å². The number of carbonyl (C=O) groups excluding carboxylic acids is 2. The van der Waals surface area contributed by atoms with Crippen molar-refractivity contribution in [2.24, 2.45) is 0 Å². The number of hydrogen-bond donors (Lipinski definition) is 2. The highest BCUT2D eigenvalue weighted by atomic mass is 19.1. The molecule has 0 bridgehead atoms. The van der Waals surface area contributed by atoms with E-state index in [0.717, 1.165) is 0 Å². The summed E-state index contributed by atoms with van der Waals surface area (Å²) in [6.45, 7) is 0.896. The van der Waals surface area contributed by atoms with Crippen molar-refractivity contribution < 1.29 is 14.0 Å². The summed E-state index contributed by atoms with van der Waals surface area (Å²) in [4.78, 5) is 26.9. The molecular formula is C20H22FN3O2. The van der Waals surface area contributed by atoms with E-state index in [1.807, 2.05) is 18.2 Å². The van der Waals surface area contributed by atoms with Gasteiger partial charge in [-0.25, -0.2) is 4.39 Å². The predicted molar refractivity (Wildman–Crippen MR) is 98.4 cm³/mol. The van der Waals surface area contributed by atoms with Crippen LogP contribution in [-0.2, 0) is 4.79 Å². The van der Waals surface area contributed by atoms with Crippen LogP contribution in [0.5, 0.6) is 0 Å². The minimum absolute atomic E-state index is 0.0399. The molecule has 6 heteroatoms. The zero-order valence-electron chi connectivity index (χ0n) is 14.7. The van der Waals surface area contributed by atoms with Crippen molar-refractivity contribution in [2.75, 3.05) is 25.5 Å². The number of hydrogen-bond acceptors (Lipinski definition) is 3. The van der Waals surface area contributed by atoms with E-state index in [2.05, 4.69) is 10.6 Å². The van der Waals surface area contributed by atoms with Crippen molar-refractivity contribution in [3.05, 3.63) is 66.0 Å². The lowest BCUT2D eigenvalue weighted by Crippen LogP contribution is -2.58. The molecule has 2 N–H and O–H groups in total. The van der Waals surface area contributed by atoms with Crippen LogP contribution in [0.3, 0.4) is 0 Å². The van der Waals surface area contributed by atoms with Crippen molar-refractivity contribution >= 4 is 17.5 Å². The van der Waals surface area contributed by atoms with Crippen molar-refractivity contribution in [3.63, 3.8) is 0 Å². The van der Waals surface area contributed by atoms with Crippen molar-refractivity contribution in [1.82, 2.24) is 10.2 Å². The number of halogens is 1. The Morgan fingerprint density at radius 2 is 1.73 bits per heavy atom. The van der Waals surface area contributed by atoms with Crippen molar-refractivity contribution in [3.8, 4) is 0 Å². The van der Waals surface area contributed by atoms with Crippen LogP contribution < -0.4 is 10.6 Å². The average Bonchev–Trinajstić information content (AvgIpc) is 2.68. The number of nitrogens with one attached hydrogen (secondary N) is 2. The summed E-state index contributed by atoms with van der Waals surface area (Å²) < 4.78 is 13.5. The van der Waals surface area contributed by atoms with Gasteiger partial charge in [0.25, 0.3) is 5.91 Å². The van der Waals surface area contributed by atoms with Gasteiger partial charge in [-0.15, -0.1) is 0 Å². The normalized spacial score (nSPS) is 16.0. The molecule has 2 aromatic carbocycles. The molecule has 1 fully saturated rings. The Morgan fingerprint density at radius 3 is 2.35 bits per heavy atom. The van der Waals surface area contributed by atoms with Crippen molar-refractivity contribution in [1.29, 1.82) is 0 Å². The number of rotatable bonds is 4. The van der Waals surface area contributed by atoms with Crippen LogP contribution in [0.4, 0.5) is 10.1 Å². The maximum absolute atomic E-state index is 13.5. The third kappa shape index (κ3) is 3.69. The summed E-state index contributed by atoms with van der Waals surface area (Å²) in [7, 11) is 1.58. The van der Waals surface area contributed by atoms with E-state index in [9.17, 15) is 14.0 Å². The molecule has 1 saturated heterocycles. The SMILES string of the molecule is CNC(=O)C1(Nc2cccc(F)c2)CCN(C(=O)c2ccccc2)CC1. The van der Waals surface area contributed by atoms with E-state index in [-0.39, 0.29) is 17.6 Å². The van der Waals surface area contributed by atoms with Crippen LogP contribution in [0.25, 0.3) is 0 Å². The van der Waals surface area contributed by atoms with Gasteiger partial charge in [0.2, 0.25) is 5.91 Å². The Bertz CT molecular complexity index is 787. The standard InChI is InChI=1S/C20H22FN3O2/c1-22-19(26)20(23-17-9-5-8-16(21)14-17)10-12-24(13-11-20)18(25)15-6-3-2-4-7-15/h2-9,14,23H,10-13H2,1H3,(H,22,26). The summed E-state index contributed by atoms with van der Waals surface area (Å²) >= 11 is 0. The summed E-state index contributed by atoms with van der Waals surface area (Å²) in [6, 6.07) is 15.2. The summed E-state index contributed by atoms with van der Waals surface area (Å²) in [6.07, 6.45) is 0.892. The highest BCUT2D eigenvalue weighted by Crippen LogP contribution is 2.28. The van der Waals surface area contributed by atoms with Gasteiger partial charge in [-0.2, -0.15) is 0 Å². The first kappa shape index (κ1) is 17.9. The number of carbonyl (C=O) groups is 2. The summed E-state index contributed by atoms with van der Waals surface area (Å²) in [5.41, 5.74) is 0.324. The summed E-state index contributed by atoms with van der Waals surface area (Å²) in [5, 5.41) is 5.88. The molecule has 1 aliphatic rings. The molecule has 1 aliphatic heterocycles. The largest absolute Gasteiger partial charge is 0.371 e. The molecule has 0 saturated carbocycles. The van der Waals surface area contributed by atoms with E-state index in [0.29, 0.717) is 37.2 Å². The first-order chi connectivity index (χ1) is 12.5. The molecule has 0 unspecified atom stereocenters. The van der Waals surface area contributed by atoms with Gasteiger partial charge in [-0.05, 0) is 43.2 Å². The van der Waals surface area contributed by atoms with Gasteiger partial charge in [-0.1, -0.05) is 24.3 Å².